The Hall–Kier alpha value is -2.67. The number of halogens is 1. The molecule has 2 rings (SSSR count). The zero-order valence-corrected chi connectivity index (χ0v) is 10.8. The SMILES string of the molecule is O=[N+]([O-])c1ccc(C(O)COc2ccccc2O)c(F)c1. The molecule has 0 amide bonds. The first kappa shape index (κ1) is 14.7. The largest absolute Gasteiger partial charge is 0.504 e. The van der Waals surface area contributed by atoms with Crippen LogP contribution in [0, 0.1) is 15.9 Å². The number of para-hydroxylation sites is 2. The summed E-state index contributed by atoms with van der Waals surface area (Å²) in [6, 6.07) is 9.11. The van der Waals surface area contributed by atoms with Crippen molar-refractivity contribution in [1.82, 2.24) is 0 Å². The van der Waals surface area contributed by atoms with Gasteiger partial charge >= 0.3 is 0 Å². The van der Waals surface area contributed by atoms with E-state index in [0.29, 0.717) is 0 Å². The fraction of sp³-hybridized carbons (Fsp3) is 0.143. The molecule has 6 nitrogen and oxygen atoms in total. The summed E-state index contributed by atoms with van der Waals surface area (Å²) in [6.07, 6.45) is -1.31. The number of hydrogen-bond donors (Lipinski definition) is 2. The molecule has 0 spiro atoms. The first-order valence-electron chi connectivity index (χ1n) is 6.01. The van der Waals surface area contributed by atoms with Gasteiger partial charge in [0.2, 0.25) is 0 Å². The van der Waals surface area contributed by atoms with Crippen molar-refractivity contribution in [2.75, 3.05) is 6.61 Å². The topological polar surface area (TPSA) is 92.8 Å². The molecule has 0 heterocycles. The highest BCUT2D eigenvalue weighted by Crippen LogP contribution is 2.27. The quantitative estimate of drug-likeness (QED) is 0.652. The van der Waals surface area contributed by atoms with Gasteiger partial charge in [0.15, 0.2) is 11.5 Å². The maximum absolute atomic E-state index is 13.7. The van der Waals surface area contributed by atoms with E-state index in [0.717, 1.165) is 18.2 Å². The maximum atomic E-state index is 13.7. The molecular weight excluding hydrogens is 281 g/mol. The second-order valence-corrected chi connectivity index (χ2v) is 4.26. The summed E-state index contributed by atoms with van der Waals surface area (Å²) in [7, 11) is 0. The summed E-state index contributed by atoms with van der Waals surface area (Å²) >= 11 is 0. The number of rotatable bonds is 5. The minimum absolute atomic E-state index is 0.103. The molecule has 0 aromatic heterocycles. The number of nitrogens with zero attached hydrogens (tertiary/aromatic N) is 1. The molecule has 0 aliphatic heterocycles. The third kappa shape index (κ3) is 3.46. The molecule has 1 unspecified atom stereocenters. The van der Waals surface area contributed by atoms with Gasteiger partial charge in [0, 0.05) is 11.6 Å². The molecule has 0 radical (unpaired) electrons. The van der Waals surface area contributed by atoms with Gasteiger partial charge in [0.1, 0.15) is 18.5 Å². The molecule has 0 saturated heterocycles. The highest BCUT2D eigenvalue weighted by molar-refractivity contribution is 5.38. The molecule has 0 aliphatic carbocycles. The maximum Gasteiger partial charge on any atom is 0.272 e. The van der Waals surface area contributed by atoms with Crippen LogP contribution in [-0.4, -0.2) is 21.7 Å². The number of ether oxygens (including phenoxy) is 1. The number of nitro benzene ring substituents is 1. The van der Waals surface area contributed by atoms with Crippen LogP contribution in [0.3, 0.4) is 0 Å². The van der Waals surface area contributed by atoms with Crippen molar-refractivity contribution in [3.63, 3.8) is 0 Å². The second kappa shape index (κ2) is 6.19. The minimum Gasteiger partial charge on any atom is -0.504 e. The summed E-state index contributed by atoms with van der Waals surface area (Å²) in [4.78, 5) is 9.78. The predicted molar refractivity (Wildman–Crippen MR) is 71.6 cm³/mol. The Morgan fingerprint density at radius 2 is 2.00 bits per heavy atom. The van der Waals surface area contributed by atoms with E-state index in [1.54, 1.807) is 12.1 Å². The van der Waals surface area contributed by atoms with E-state index in [4.69, 9.17) is 4.74 Å². The molecule has 21 heavy (non-hydrogen) atoms. The van der Waals surface area contributed by atoms with Crippen molar-refractivity contribution < 1.29 is 24.3 Å². The number of aliphatic hydroxyl groups is 1. The summed E-state index contributed by atoms with van der Waals surface area (Å²) in [5, 5.41) is 29.9. The third-order valence-corrected chi connectivity index (χ3v) is 2.82. The molecule has 2 N–H and O–H groups in total. The van der Waals surface area contributed by atoms with Crippen LogP contribution in [0.1, 0.15) is 11.7 Å². The van der Waals surface area contributed by atoms with Crippen LogP contribution in [0.15, 0.2) is 42.5 Å². The lowest BCUT2D eigenvalue weighted by Gasteiger charge is -2.14. The number of aliphatic hydroxyl groups excluding tert-OH is 1. The van der Waals surface area contributed by atoms with Gasteiger partial charge in [0.25, 0.3) is 5.69 Å². The molecule has 2 aromatic carbocycles. The van der Waals surface area contributed by atoms with Crippen LogP contribution in [0.4, 0.5) is 10.1 Å². The van der Waals surface area contributed by atoms with Crippen molar-refractivity contribution in [1.29, 1.82) is 0 Å². The molecule has 0 aliphatic rings. The molecule has 1 atom stereocenters. The van der Waals surface area contributed by atoms with Gasteiger partial charge < -0.3 is 14.9 Å². The molecule has 7 heteroatoms. The van der Waals surface area contributed by atoms with Crippen molar-refractivity contribution in [2.24, 2.45) is 0 Å². The van der Waals surface area contributed by atoms with Crippen molar-refractivity contribution in [3.8, 4) is 11.5 Å². The molecule has 2 aromatic rings. The van der Waals surface area contributed by atoms with Gasteiger partial charge in [0.05, 0.1) is 11.0 Å². The molecule has 0 saturated carbocycles. The van der Waals surface area contributed by atoms with Gasteiger partial charge in [-0.3, -0.25) is 10.1 Å². The Morgan fingerprint density at radius 1 is 1.29 bits per heavy atom. The normalized spacial score (nSPS) is 11.9. The van der Waals surface area contributed by atoms with Crippen LogP contribution in [0.2, 0.25) is 0 Å². The Morgan fingerprint density at radius 3 is 2.62 bits per heavy atom. The van der Waals surface area contributed by atoms with E-state index >= 15 is 0 Å². The lowest BCUT2D eigenvalue weighted by molar-refractivity contribution is -0.385. The fourth-order valence-corrected chi connectivity index (χ4v) is 1.74. The second-order valence-electron chi connectivity index (χ2n) is 4.26. The van der Waals surface area contributed by atoms with Crippen LogP contribution in [0.5, 0.6) is 11.5 Å². The summed E-state index contributed by atoms with van der Waals surface area (Å²) in [6.45, 7) is -0.299. The smallest absolute Gasteiger partial charge is 0.272 e. The van der Waals surface area contributed by atoms with Gasteiger partial charge in [-0.05, 0) is 18.2 Å². The number of phenolic OH excluding ortho intramolecular Hbond substituents is 1. The molecule has 0 fully saturated rings. The van der Waals surface area contributed by atoms with Gasteiger partial charge in [-0.1, -0.05) is 12.1 Å². The van der Waals surface area contributed by atoms with E-state index in [1.807, 2.05) is 0 Å². The molecule has 110 valence electrons. The van der Waals surface area contributed by atoms with Crippen molar-refractivity contribution in [3.05, 3.63) is 64.0 Å². The van der Waals surface area contributed by atoms with E-state index in [2.05, 4.69) is 0 Å². The third-order valence-electron chi connectivity index (χ3n) is 2.82. The summed E-state index contributed by atoms with van der Waals surface area (Å²) in [5.41, 5.74) is -0.513. The van der Waals surface area contributed by atoms with Crippen LogP contribution >= 0.6 is 0 Å². The lowest BCUT2D eigenvalue weighted by Crippen LogP contribution is -2.11. The fourth-order valence-electron chi connectivity index (χ4n) is 1.74. The van der Waals surface area contributed by atoms with Gasteiger partial charge in [-0.15, -0.1) is 0 Å². The standard InChI is InChI=1S/C14H12FNO5/c15-11-7-9(16(19)20)5-6-10(11)13(18)8-21-14-4-2-1-3-12(14)17/h1-7,13,17-18H,8H2. The number of non-ortho nitro benzene ring substituents is 1. The first-order valence-corrected chi connectivity index (χ1v) is 6.01. The first-order chi connectivity index (χ1) is 9.99. The number of aromatic hydroxyl groups is 1. The molecule has 0 bridgehead atoms. The zero-order valence-electron chi connectivity index (χ0n) is 10.8. The van der Waals surface area contributed by atoms with E-state index in [9.17, 15) is 24.7 Å². The summed E-state index contributed by atoms with van der Waals surface area (Å²) in [5.74, 6) is -0.842. The number of hydrogen-bond acceptors (Lipinski definition) is 5. The van der Waals surface area contributed by atoms with Crippen LogP contribution < -0.4 is 4.74 Å². The van der Waals surface area contributed by atoms with E-state index in [1.165, 1.54) is 12.1 Å². The van der Waals surface area contributed by atoms with Crippen molar-refractivity contribution >= 4 is 5.69 Å². The zero-order chi connectivity index (χ0) is 15.4. The van der Waals surface area contributed by atoms with Gasteiger partial charge in [-0.25, -0.2) is 4.39 Å². The Balaban J connectivity index is 2.08. The lowest BCUT2D eigenvalue weighted by atomic mass is 10.1. The number of benzene rings is 2. The average molecular weight is 293 g/mol. The number of nitro groups is 1. The molecular formula is C14H12FNO5. The van der Waals surface area contributed by atoms with Crippen LogP contribution in [0.25, 0.3) is 0 Å². The van der Waals surface area contributed by atoms with E-state index in [-0.39, 0.29) is 23.7 Å². The number of phenols is 1. The van der Waals surface area contributed by atoms with Crippen LogP contribution in [-0.2, 0) is 0 Å². The Labute approximate surface area is 119 Å². The Kier molecular flexibility index (Phi) is 4.34. The van der Waals surface area contributed by atoms with Crippen molar-refractivity contribution in [2.45, 2.75) is 6.10 Å². The Bertz CT molecular complexity index is 662. The monoisotopic (exact) mass is 293 g/mol. The highest BCUT2D eigenvalue weighted by atomic mass is 19.1. The van der Waals surface area contributed by atoms with E-state index < -0.39 is 22.5 Å². The highest BCUT2D eigenvalue weighted by Gasteiger charge is 2.17. The summed E-state index contributed by atoms with van der Waals surface area (Å²) < 4.78 is 18.9. The minimum atomic E-state index is -1.31. The average Bonchev–Trinajstić information content (AvgIpc) is 2.46. The van der Waals surface area contributed by atoms with Gasteiger partial charge in [-0.2, -0.15) is 0 Å². The predicted octanol–water partition coefficient (Wildman–Crippen LogP) is 2.55.